The van der Waals surface area contributed by atoms with Crippen molar-refractivity contribution in [2.45, 2.75) is 25.9 Å². The number of aromatic nitrogens is 1. The van der Waals surface area contributed by atoms with Gasteiger partial charge < -0.3 is 15.4 Å². The van der Waals surface area contributed by atoms with E-state index < -0.39 is 0 Å². The summed E-state index contributed by atoms with van der Waals surface area (Å²) in [5.41, 5.74) is 0. The highest BCUT2D eigenvalue weighted by Crippen LogP contribution is 2.21. The van der Waals surface area contributed by atoms with Crippen molar-refractivity contribution < 1.29 is 9.53 Å². The number of likely N-dealkylation sites (tertiary alicyclic amines) is 1. The van der Waals surface area contributed by atoms with E-state index in [2.05, 4.69) is 32.2 Å². The molecule has 1 saturated heterocycles. The van der Waals surface area contributed by atoms with Crippen LogP contribution >= 0.6 is 11.3 Å². The highest BCUT2D eigenvalue weighted by Gasteiger charge is 2.24. The molecule has 1 unspecified atom stereocenters. The number of nitrogens with zero attached hydrogens (tertiary/aromatic N) is 2. The number of rotatable bonds is 5. The van der Waals surface area contributed by atoms with E-state index in [0.29, 0.717) is 0 Å². The van der Waals surface area contributed by atoms with Crippen molar-refractivity contribution in [2.24, 2.45) is 0 Å². The predicted molar refractivity (Wildman–Crippen MR) is 75.5 cm³/mol. The van der Waals surface area contributed by atoms with Gasteiger partial charge in [0.25, 0.3) is 0 Å². The van der Waals surface area contributed by atoms with Gasteiger partial charge in [-0.25, -0.2) is 9.78 Å². The normalized spacial score (nSPS) is 19.4. The van der Waals surface area contributed by atoms with E-state index in [-0.39, 0.29) is 12.1 Å². The summed E-state index contributed by atoms with van der Waals surface area (Å²) < 4.78 is 4.61. The lowest BCUT2D eigenvalue weighted by atomic mass is 10.3. The Hall–Kier alpha value is -1.34. The number of ether oxygens (including phenoxy) is 1. The minimum atomic E-state index is -0.348. The Kier molecular flexibility index (Phi) is 4.98. The van der Waals surface area contributed by atoms with Gasteiger partial charge in [0.15, 0.2) is 5.13 Å². The summed E-state index contributed by atoms with van der Waals surface area (Å²) in [7, 11) is 1.39. The summed E-state index contributed by atoms with van der Waals surface area (Å²) in [6.45, 7) is 5.70. The van der Waals surface area contributed by atoms with E-state index in [0.717, 1.165) is 37.7 Å². The SMILES string of the molecule is CCNc1ncc(CN2CCC(NC(=O)OC)C2)s1. The molecule has 1 aromatic rings. The topological polar surface area (TPSA) is 66.5 Å². The summed E-state index contributed by atoms with van der Waals surface area (Å²) in [5.74, 6) is 0. The number of carbonyl (C=O) groups excluding carboxylic acids is 1. The van der Waals surface area contributed by atoms with E-state index in [1.54, 1.807) is 11.3 Å². The fraction of sp³-hybridized carbons (Fsp3) is 0.667. The van der Waals surface area contributed by atoms with Crippen molar-refractivity contribution in [3.05, 3.63) is 11.1 Å². The molecule has 1 fully saturated rings. The molecule has 0 radical (unpaired) electrons. The van der Waals surface area contributed by atoms with Crippen LogP contribution in [-0.2, 0) is 11.3 Å². The lowest BCUT2D eigenvalue weighted by Crippen LogP contribution is -2.36. The van der Waals surface area contributed by atoms with Gasteiger partial charge >= 0.3 is 6.09 Å². The minimum Gasteiger partial charge on any atom is -0.453 e. The Balaban J connectivity index is 1.79. The number of hydrogen-bond acceptors (Lipinski definition) is 6. The predicted octanol–water partition coefficient (Wildman–Crippen LogP) is 1.51. The number of amides is 1. The van der Waals surface area contributed by atoms with Crippen molar-refractivity contribution in [3.63, 3.8) is 0 Å². The molecule has 2 heterocycles. The number of carbonyl (C=O) groups is 1. The fourth-order valence-electron chi connectivity index (χ4n) is 2.15. The van der Waals surface area contributed by atoms with Crippen molar-refractivity contribution in [2.75, 3.05) is 32.1 Å². The molecule has 6 nitrogen and oxygen atoms in total. The molecular weight excluding hydrogens is 264 g/mol. The lowest BCUT2D eigenvalue weighted by Gasteiger charge is -2.15. The van der Waals surface area contributed by atoms with Crippen LogP contribution in [0.3, 0.4) is 0 Å². The van der Waals surface area contributed by atoms with Gasteiger partial charge in [-0.2, -0.15) is 0 Å². The Morgan fingerprint density at radius 2 is 2.53 bits per heavy atom. The summed E-state index contributed by atoms with van der Waals surface area (Å²) in [5, 5.41) is 7.03. The summed E-state index contributed by atoms with van der Waals surface area (Å²) in [4.78, 5) is 19.0. The van der Waals surface area contributed by atoms with Crippen LogP contribution < -0.4 is 10.6 Å². The zero-order chi connectivity index (χ0) is 13.7. The van der Waals surface area contributed by atoms with Crippen LogP contribution in [0.25, 0.3) is 0 Å². The molecule has 2 rings (SSSR count). The molecule has 2 N–H and O–H groups in total. The first-order valence-electron chi connectivity index (χ1n) is 6.46. The Morgan fingerprint density at radius 1 is 1.68 bits per heavy atom. The Bertz CT molecular complexity index is 424. The number of nitrogens with one attached hydrogen (secondary N) is 2. The monoisotopic (exact) mass is 284 g/mol. The van der Waals surface area contributed by atoms with Crippen LogP contribution in [-0.4, -0.2) is 48.8 Å². The zero-order valence-corrected chi connectivity index (χ0v) is 12.1. The van der Waals surface area contributed by atoms with E-state index in [9.17, 15) is 4.79 Å². The molecule has 1 aliphatic rings. The molecule has 1 aromatic heterocycles. The van der Waals surface area contributed by atoms with Gasteiger partial charge in [-0.05, 0) is 13.3 Å². The van der Waals surface area contributed by atoms with Gasteiger partial charge in [0.1, 0.15) is 0 Å². The second-order valence-electron chi connectivity index (χ2n) is 4.52. The molecule has 0 bridgehead atoms. The maximum atomic E-state index is 11.1. The largest absolute Gasteiger partial charge is 0.453 e. The molecule has 0 aromatic carbocycles. The van der Waals surface area contributed by atoms with Gasteiger partial charge in [-0.15, -0.1) is 11.3 Å². The molecule has 1 amide bonds. The van der Waals surface area contributed by atoms with E-state index in [1.807, 2.05) is 6.20 Å². The van der Waals surface area contributed by atoms with Crippen molar-refractivity contribution >= 4 is 22.6 Å². The molecule has 0 spiro atoms. The van der Waals surface area contributed by atoms with Crippen LogP contribution in [0.4, 0.5) is 9.93 Å². The van der Waals surface area contributed by atoms with Crippen molar-refractivity contribution in [1.29, 1.82) is 0 Å². The lowest BCUT2D eigenvalue weighted by molar-refractivity contribution is 0.166. The van der Waals surface area contributed by atoms with Gasteiger partial charge in [0.05, 0.1) is 7.11 Å². The highest BCUT2D eigenvalue weighted by molar-refractivity contribution is 7.15. The zero-order valence-electron chi connectivity index (χ0n) is 11.3. The van der Waals surface area contributed by atoms with Crippen molar-refractivity contribution in [3.8, 4) is 0 Å². The number of hydrogen-bond donors (Lipinski definition) is 2. The van der Waals surface area contributed by atoms with Crippen LogP contribution in [0.1, 0.15) is 18.2 Å². The summed E-state index contributed by atoms with van der Waals surface area (Å²) >= 11 is 1.69. The average molecular weight is 284 g/mol. The number of alkyl carbamates (subject to hydrolysis) is 1. The standard InChI is InChI=1S/C12H20N4O2S/c1-3-13-11-14-6-10(19-11)8-16-5-4-9(7-16)15-12(17)18-2/h6,9H,3-5,7-8H2,1-2H3,(H,13,14)(H,15,17). The van der Waals surface area contributed by atoms with Crippen LogP contribution in [0.15, 0.2) is 6.20 Å². The second-order valence-corrected chi connectivity index (χ2v) is 5.63. The molecule has 0 aliphatic carbocycles. The summed E-state index contributed by atoms with van der Waals surface area (Å²) in [6.07, 6.45) is 2.54. The van der Waals surface area contributed by atoms with Crippen LogP contribution in [0.2, 0.25) is 0 Å². The molecular formula is C12H20N4O2S. The minimum absolute atomic E-state index is 0.189. The van der Waals surface area contributed by atoms with Gasteiger partial charge in [-0.3, -0.25) is 4.90 Å². The second kappa shape index (κ2) is 6.72. The molecule has 19 heavy (non-hydrogen) atoms. The summed E-state index contributed by atoms with van der Waals surface area (Å²) in [6, 6.07) is 0.189. The molecule has 106 valence electrons. The fourth-order valence-corrected chi connectivity index (χ4v) is 3.08. The van der Waals surface area contributed by atoms with Gasteiger partial charge in [0.2, 0.25) is 0 Å². The molecule has 1 aliphatic heterocycles. The van der Waals surface area contributed by atoms with E-state index in [1.165, 1.54) is 12.0 Å². The molecule has 7 heteroatoms. The maximum Gasteiger partial charge on any atom is 0.407 e. The smallest absolute Gasteiger partial charge is 0.407 e. The first-order valence-corrected chi connectivity index (χ1v) is 7.28. The van der Waals surface area contributed by atoms with Crippen molar-refractivity contribution in [1.82, 2.24) is 15.2 Å². The quantitative estimate of drug-likeness (QED) is 0.858. The van der Waals surface area contributed by atoms with Gasteiger partial charge in [-0.1, -0.05) is 0 Å². The van der Waals surface area contributed by atoms with Gasteiger partial charge in [0, 0.05) is 43.3 Å². The number of thiazole rings is 1. The average Bonchev–Trinajstić information content (AvgIpc) is 3.00. The van der Waals surface area contributed by atoms with E-state index >= 15 is 0 Å². The number of anilines is 1. The maximum absolute atomic E-state index is 11.1. The van der Waals surface area contributed by atoms with Crippen LogP contribution in [0.5, 0.6) is 0 Å². The third-order valence-electron chi connectivity index (χ3n) is 3.04. The first-order chi connectivity index (χ1) is 9.21. The first kappa shape index (κ1) is 14.1. The third-order valence-corrected chi connectivity index (χ3v) is 3.98. The Labute approximate surface area is 117 Å². The Morgan fingerprint density at radius 3 is 3.26 bits per heavy atom. The molecule has 1 atom stereocenters. The third kappa shape index (κ3) is 4.07. The molecule has 0 saturated carbocycles. The van der Waals surface area contributed by atoms with Crippen LogP contribution in [0, 0.1) is 0 Å². The van der Waals surface area contributed by atoms with E-state index in [4.69, 9.17) is 0 Å². The number of methoxy groups -OCH3 is 1. The highest BCUT2D eigenvalue weighted by atomic mass is 32.1.